The molecule has 0 aliphatic heterocycles. The smallest absolute Gasteiger partial charge is 0.160 e. The first kappa shape index (κ1) is 18.0. The van der Waals surface area contributed by atoms with Gasteiger partial charge in [-0.2, -0.15) is 0 Å². The number of methoxy groups -OCH3 is 1. The third-order valence-corrected chi connectivity index (χ3v) is 4.82. The highest BCUT2D eigenvalue weighted by Crippen LogP contribution is 2.28. The Morgan fingerprint density at radius 1 is 0.957 bits per heavy atom. The van der Waals surface area contributed by atoms with Crippen LogP contribution in [-0.4, -0.2) is 12.2 Å². The summed E-state index contributed by atoms with van der Waals surface area (Å²) in [4.78, 5) is 0. The largest absolute Gasteiger partial charge is 0.504 e. The average molecular weight is 353 g/mol. The summed E-state index contributed by atoms with van der Waals surface area (Å²) in [7, 11) is 1.57. The van der Waals surface area contributed by atoms with Gasteiger partial charge in [0.25, 0.3) is 0 Å². The van der Waals surface area contributed by atoms with E-state index in [4.69, 9.17) is 27.9 Å². The van der Waals surface area contributed by atoms with Crippen LogP contribution in [0.4, 0.5) is 0 Å². The van der Waals surface area contributed by atoms with Gasteiger partial charge in [-0.05, 0) is 67.0 Å². The van der Waals surface area contributed by atoms with Crippen LogP contribution in [0, 0.1) is 5.92 Å². The number of ether oxygens (including phenoxy) is 1. The molecule has 124 valence electrons. The molecule has 2 aromatic rings. The van der Waals surface area contributed by atoms with Crippen molar-refractivity contribution in [3.8, 4) is 11.5 Å². The van der Waals surface area contributed by atoms with Crippen LogP contribution in [0.15, 0.2) is 36.4 Å². The summed E-state index contributed by atoms with van der Waals surface area (Å²) < 4.78 is 5.15. The predicted molar refractivity (Wildman–Crippen MR) is 96.9 cm³/mol. The molecular weight excluding hydrogens is 331 g/mol. The molecule has 0 saturated heterocycles. The van der Waals surface area contributed by atoms with Crippen molar-refractivity contribution in [1.29, 1.82) is 0 Å². The lowest BCUT2D eigenvalue weighted by Gasteiger charge is -2.12. The Kier molecular flexibility index (Phi) is 6.61. The molecule has 0 spiro atoms. The SMILES string of the molecule is COc1cc(CCC(C)CCc2ccc(Cl)c(Cl)c2)ccc1O. The summed E-state index contributed by atoms with van der Waals surface area (Å²) in [6.07, 6.45) is 4.17. The third kappa shape index (κ3) is 5.33. The molecule has 2 aromatic carbocycles. The number of halogens is 2. The highest BCUT2D eigenvalue weighted by Gasteiger charge is 2.07. The standard InChI is InChI=1S/C19H22Cl2O2/c1-13(3-5-14-7-9-16(20)17(21)11-14)4-6-15-8-10-18(22)19(12-15)23-2/h7-13,22H,3-6H2,1-2H3. The van der Waals surface area contributed by atoms with Crippen molar-refractivity contribution in [3.05, 3.63) is 57.6 Å². The topological polar surface area (TPSA) is 29.5 Å². The van der Waals surface area contributed by atoms with E-state index in [9.17, 15) is 5.11 Å². The van der Waals surface area contributed by atoms with Crippen LogP contribution in [0.25, 0.3) is 0 Å². The molecule has 0 heterocycles. The minimum absolute atomic E-state index is 0.184. The van der Waals surface area contributed by atoms with Crippen molar-refractivity contribution < 1.29 is 9.84 Å². The molecule has 1 atom stereocenters. The first-order valence-corrected chi connectivity index (χ1v) is 8.55. The molecule has 0 amide bonds. The zero-order valence-corrected chi connectivity index (χ0v) is 15.0. The molecule has 1 N–H and O–H groups in total. The third-order valence-electron chi connectivity index (χ3n) is 4.08. The fraction of sp³-hybridized carbons (Fsp3) is 0.368. The highest BCUT2D eigenvalue weighted by molar-refractivity contribution is 6.42. The molecule has 0 aliphatic rings. The van der Waals surface area contributed by atoms with E-state index < -0.39 is 0 Å². The van der Waals surface area contributed by atoms with E-state index in [1.54, 1.807) is 13.2 Å². The minimum atomic E-state index is 0.184. The molecule has 2 nitrogen and oxygen atoms in total. The monoisotopic (exact) mass is 352 g/mol. The van der Waals surface area contributed by atoms with Crippen molar-refractivity contribution in [2.24, 2.45) is 5.92 Å². The van der Waals surface area contributed by atoms with Crippen molar-refractivity contribution in [1.82, 2.24) is 0 Å². The van der Waals surface area contributed by atoms with Gasteiger partial charge in [-0.3, -0.25) is 0 Å². The van der Waals surface area contributed by atoms with Crippen LogP contribution in [0.5, 0.6) is 11.5 Å². The second-order valence-corrected chi connectivity index (χ2v) is 6.75. The highest BCUT2D eigenvalue weighted by atomic mass is 35.5. The summed E-state index contributed by atoms with van der Waals surface area (Å²) in [6, 6.07) is 11.4. The first-order valence-electron chi connectivity index (χ1n) is 7.79. The van der Waals surface area contributed by atoms with E-state index in [1.807, 2.05) is 30.3 Å². The summed E-state index contributed by atoms with van der Waals surface area (Å²) in [5.41, 5.74) is 2.40. The zero-order valence-electron chi connectivity index (χ0n) is 13.5. The number of phenols is 1. The normalized spacial score (nSPS) is 12.2. The van der Waals surface area contributed by atoms with Crippen LogP contribution in [0.2, 0.25) is 10.0 Å². The molecule has 0 bridgehead atoms. The van der Waals surface area contributed by atoms with Gasteiger partial charge in [0.05, 0.1) is 17.2 Å². The van der Waals surface area contributed by atoms with Crippen LogP contribution in [0.1, 0.15) is 30.9 Å². The summed E-state index contributed by atoms with van der Waals surface area (Å²) >= 11 is 12.0. The number of hydrogen-bond acceptors (Lipinski definition) is 2. The molecule has 0 radical (unpaired) electrons. The second kappa shape index (κ2) is 8.47. The first-order chi connectivity index (χ1) is 11.0. The van der Waals surface area contributed by atoms with Crippen molar-refractivity contribution in [2.45, 2.75) is 32.6 Å². The maximum atomic E-state index is 9.62. The Hall–Kier alpha value is -1.38. The van der Waals surface area contributed by atoms with Gasteiger partial charge in [0.1, 0.15) is 0 Å². The number of aromatic hydroxyl groups is 1. The van der Waals surface area contributed by atoms with Gasteiger partial charge in [-0.15, -0.1) is 0 Å². The van der Waals surface area contributed by atoms with Gasteiger partial charge < -0.3 is 9.84 Å². The Morgan fingerprint density at radius 2 is 1.57 bits per heavy atom. The van der Waals surface area contributed by atoms with Crippen LogP contribution < -0.4 is 4.74 Å². The Morgan fingerprint density at radius 3 is 2.17 bits per heavy atom. The Balaban J connectivity index is 1.83. The van der Waals surface area contributed by atoms with Crippen LogP contribution in [0.3, 0.4) is 0 Å². The lowest BCUT2D eigenvalue weighted by Crippen LogP contribution is -2.00. The van der Waals surface area contributed by atoms with Gasteiger partial charge in [-0.25, -0.2) is 0 Å². The molecule has 2 rings (SSSR count). The summed E-state index contributed by atoms with van der Waals surface area (Å²) in [5, 5.41) is 10.8. The quantitative estimate of drug-likeness (QED) is 0.671. The molecule has 1 unspecified atom stereocenters. The summed E-state index contributed by atoms with van der Waals surface area (Å²) in [5.74, 6) is 1.32. The predicted octanol–water partition coefficient (Wildman–Crippen LogP) is 5.91. The van der Waals surface area contributed by atoms with Crippen molar-refractivity contribution in [3.63, 3.8) is 0 Å². The second-order valence-electron chi connectivity index (χ2n) is 5.94. The van der Waals surface area contributed by atoms with E-state index >= 15 is 0 Å². The fourth-order valence-corrected chi connectivity index (χ4v) is 2.86. The lowest BCUT2D eigenvalue weighted by atomic mass is 9.95. The number of aryl methyl sites for hydroxylation is 2. The zero-order chi connectivity index (χ0) is 16.8. The molecule has 0 fully saturated rings. The van der Waals surface area contributed by atoms with Gasteiger partial charge in [0.15, 0.2) is 11.5 Å². The van der Waals surface area contributed by atoms with E-state index in [2.05, 4.69) is 6.92 Å². The number of phenolic OH excluding ortho intramolecular Hbond substituents is 1. The average Bonchev–Trinajstić information content (AvgIpc) is 2.55. The molecular formula is C19H22Cl2O2. The minimum Gasteiger partial charge on any atom is -0.504 e. The van der Waals surface area contributed by atoms with Gasteiger partial charge in [0.2, 0.25) is 0 Å². The van der Waals surface area contributed by atoms with E-state index in [-0.39, 0.29) is 5.75 Å². The maximum absolute atomic E-state index is 9.62. The number of rotatable bonds is 7. The van der Waals surface area contributed by atoms with Crippen LogP contribution >= 0.6 is 23.2 Å². The number of hydrogen-bond donors (Lipinski definition) is 1. The maximum Gasteiger partial charge on any atom is 0.160 e. The molecule has 0 saturated carbocycles. The summed E-state index contributed by atoms with van der Waals surface area (Å²) in [6.45, 7) is 2.26. The van der Waals surface area contributed by atoms with Gasteiger partial charge in [0, 0.05) is 0 Å². The Labute approximate surface area is 148 Å². The van der Waals surface area contributed by atoms with E-state index in [0.29, 0.717) is 21.7 Å². The fourth-order valence-electron chi connectivity index (χ4n) is 2.54. The lowest BCUT2D eigenvalue weighted by molar-refractivity contribution is 0.372. The number of benzene rings is 2. The van der Waals surface area contributed by atoms with Gasteiger partial charge in [-0.1, -0.05) is 42.3 Å². The van der Waals surface area contributed by atoms with Crippen molar-refractivity contribution in [2.75, 3.05) is 7.11 Å². The Bertz CT molecular complexity index is 656. The molecule has 0 aromatic heterocycles. The molecule has 0 aliphatic carbocycles. The van der Waals surface area contributed by atoms with Crippen molar-refractivity contribution >= 4 is 23.2 Å². The van der Waals surface area contributed by atoms with E-state index in [0.717, 1.165) is 25.7 Å². The van der Waals surface area contributed by atoms with Crippen LogP contribution in [-0.2, 0) is 12.8 Å². The van der Waals surface area contributed by atoms with E-state index in [1.165, 1.54) is 11.1 Å². The molecule has 4 heteroatoms. The van der Waals surface area contributed by atoms with Gasteiger partial charge >= 0.3 is 0 Å². The molecule has 23 heavy (non-hydrogen) atoms.